The van der Waals surface area contributed by atoms with E-state index in [9.17, 15) is 14.7 Å². The molecular formula is C12H13ClN2O4. The molecule has 1 heterocycles. The van der Waals surface area contributed by atoms with Crippen molar-refractivity contribution in [2.24, 2.45) is 0 Å². The minimum atomic E-state index is -1.21. The number of rotatable bonds is 3. The smallest absolute Gasteiger partial charge is 0.339 e. The summed E-state index contributed by atoms with van der Waals surface area (Å²) in [6.45, 7) is 0.347. The van der Waals surface area contributed by atoms with Crippen LogP contribution in [0.25, 0.3) is 0 Å². The first-order chi connectivity index (χ1) is 8.99. The summed E-state index contributed by atoms with van der Waals surface area (Å²) < 4.78 is 0. The molecule has 1 aromatic carbocycles. The molecule has 7 heteroatoms. The minimum Gasteiger partial charge on any atom is -0.478 e. The Bertz CT molecular complexity index is 520. The third-order valence-electron chi connectivity index (χ3n) is 2.91. The van der Waals surface area contributed by atoms with Gasteiger partial charge in [0.2, 0.25) is 5.91 Å². The van der Waals surface area contributed by atoms with E-state index in [2.05, 4.69) is 10.6 Å². The van der Waals surface area contributed by atoms with Gasteiger partial charge in [-0.3, -0.25) is 4.79 Å². The molecule has 1 aliphatic rings. The molecule has 0 aliphatic carbocycles. The van der Waals surface area contributed by atoms with E-state index in [1.54, 1.807) is 6.07 Å². The molecule has 1 saturated heterocycles. The van der Waals surface area contributed by atoms with Crippen LogP contribution in [0.4, 0.5) is 5.69 Å². The zero-order valence-corrected chi connectivity index (χ0v) is 10.6. The Morgan fingerprint density at radius 1 is 1.42 bits per heavy atom. The Morgan fingerprint density at radius 3 is 2.74 bits per heavy atom. The van der Waals surface area contributed by atoms with Gasteiger partial charge < -0.3 is 20.8 Å². The number of carboxylic acids is 1. The fourth-order valence-corrected chi connectivity index (χ4v) is 2.24. The summed E-state index contributed by atoms with van der Waals surface area (Å²) in [5.41, 5.74) is 0.00394. The lowest BCUT2D eigenvalue weighted by atomic mass is 10.1. The molecule has 1 aromatic rings. The molecule has 2 atom stereocenters. The Kier molecular flexibility index (Phi) is 4.04. The number of nitrogens with one attached hydrogen (secondary N) is 2. The van der Waals surface area contributed by atoms with Gasteiger partial charge in [-0.1, -0.05) is 17.7 Å². The van der Waals surface area contributed by atoms with Crippen molar-refractivity contribution in [2.75, 3.05) is 11.9 Å². The number of benzene rings is 1. The van der Waals surface area contributed by atoms with Gasteiger partial charge >= 0.3 is 5.97 Å². The van der Waals surface area contributed by atoms with E-state index in [4.69, 9.17) is 16.7 Å². The van der Waals surface area contributed by atoms with Gasteiger partial charge in [0, 0.05) is 6.54 Å². The highest BCUT2D eigenvalue weighted by atomic mass is 35.5. The number of hydrogen-bond donors (Lipinski definition) is 4. The number of aliphatic hydroxyl groups is 1. The first-order valence-corrected chi connectivity index (χ1v) is 6.11. The summed E-state index contributed by atoms with van der Waals surface area (Å²) in [5.74, 6) is -1.60. The van der Waals surface area contributed by atoms with Crippen LogP contribution in [0.5, 0.6) is 0 Å². The third-order valence-corrected chi connectivity index (χ3v) is 3.22. The molecule has 0 spiro atoms. The van der Waals surface area contributed by atoms with Crippen LogP contribution < -0.4 is 10.6 Å². The number of carbonyl (C=O) groups excluding carboxylic acids is 1. The molecule has 19 heavy (non-hydrogen) atoms. The van der Waals surface area contributed by atoms with Crippen molar-refractivity contribution < 1.29 is 19.8 Å². The van der Waals surface area contributed by atoms with Crippen LogP contribution in [0.3, 0.4) is 0 Å². The Hall–Kier alpha value is -1.63. The van der Waals surface area contributed by atoms with Crippen molar-refractivity contribution in [3.8, 4) is 0 Å². The predicted molar refractivity (Wildman–Crippen MR) is 69.5 cm³/mol. The minimum absolute atomic E-state index is 0.0599. The molecule has 1 fully saturated rings. The number of hydrogen-bond acceptors (Lipinski definition) is 4. The van der Waals surface area contributed by atoms with E-state index < -0.39 is 18.1 Å². The molecule has 102 valence electrons. The molecule has 2 rings (SSSR count). The standard InChI is InChI=1S/C12H13ClN2O4/c13-7-2-1-3-8(10(7)12(18)19)15-11(17)9-4-6(16)5-14-9/h1-3,6,9,14,16H,4-5H2,(H,15,17)(H,18,19). The highest BCUT2D eigenvalue weighted by Crippen LogP contribution is 2.24. The van der Waals surface area contributed by atoms with Crippen LogP contribution in [-0.4, -0.2) is 40.8 Å². The van der Waals surface area contributed by atoms with Crippen LogP contribution in [0.15, 0.2) is 18.2 Å². The van der Waals surface area contributed by atoms with Crippen molar-refractivity contribution in [3.63, 3.8) is 0 Å². The molecule has 6 nitrogen and oxygen atoms in total. The number of carboxylic acid groups (broad SMARTS) is 1. The molecule has 0 aromatic heterocycles. The number of amides is 1. The van der Waals surface area contributed by atoms with Crippen molar-refractivity contribution in [3.05, 3.63) is 28.8 Å². The van der Waals surface area contributed by atoms with Crippen LogP contribution in [0.1, 0.15) is 16.8 Å². The Morgan fingerprint density at radius 2 is 2.16 bits per heavy atom. The second-order valence-electron chi connectivity index (χ2n) is 4.31. The Labute approximate surface area is 114 Å². The number of carbonyl (C=O) groups is 2. The maximum absolute atomic E-state index is 11.9. The maximum atomic E-state index is 11.9. The van der Waals surface area contributed by atoms with Gasteiger partial charge in [0.25, 0.3) is 0 Å². The second-order valence-corrected chi connectivity index (χ2v) is 4.71. The normalized spacial score (nSPS) is 22.2. The summed E-state index contributed by atoms with van der Waals surface area (Å²) in [5, 5.41) is 23.8. The number of halogens is 1. The lowest BCUT2D eigenvalue weighted by molar-refractivity contribution is -0.117. The predicted octanol–water partition coefficient (Wildman–Crippen LogP) is 0.699. The maximum Gasteiger partial charge on any atom is 0.339 e. The Balaban J connectivity index is 2.17. The highest BCUT2D eigenvalue weighted by molar-refractivity contribution is 6.34. The zero-order chi connectivity index (χ0) is 14.0. The SMILES string of the molecule is O=C(O)c1c(Cl)cccc1NC(=O)C1CC(O)CN1. The van der Waals surface area contributed by atoms with Crippen LogP contribution in [0.2, 0.25) is 5.02 Å². The number of anilines is 1. The second kappa shape index (κ2) is 5.56. The summed E-state index contributed by atoms with van der Waals surface area (Å²) in [4.78, 5) is 23.0. The van der Waals surface area contributed by atoms with Crippen molar-refractivity contribution in [1.82, 2.24) is 5.32 Å². The largest absolute Gasteiger partial charge is 0.478 e. The summed E-state index contributed by atoms with van der Waals surface area (Å²) in [7, 11) is 0. The van der Waals surface area contributed by atoms with E-state index in [-0.39, 0.29) is 22.2 Å². The fraction of sp³-hybridized carbons (Fsp3) is 0.333. The molecule has 4 N–H and O–H groups in total. The highest BCUT2D eigenvalue weighted by Gasteiger charge is 2.29. The summed E-state index contributed by atoms with van der Waals surface area (Å²) in [6, 6.07) is 3.94. The molecule has 1 aliphatic heterocycles. The number of aromatic carboxylic acids is 1. The zero-order valence-electron chi connectivity index (χ0n) is 9.89. The lowest BCUT2D eigenvalue weighted by Crippen LogP contribution is -2.35. The molecule has 0 saturated carbocycles. The quantitative estimate of drug-likeness (QED) is 0.655. The van der Waals surface area contributed by atoms with Gasteiger partial charge in [-0.2, -0.15) is 0 Å². The fourth-order valence-electron chi connectivity index (χ4n) is 1.98. The first-order valence-electron chi connectivity index (χ1n) is 5.73. The average Bonchev–Trinajstić information content (AvgIpc) is 2.75. The van der Waals surface area contributed by atoms with E-state index in [1.165, 1.54) is 12.1 Å². The lowest BCUT2D eigenvalue weighted by Gasteiger charge is -2.13. The van der Waals surface area contributed by atoms with Gasteiger partial charge in [-0.05, 0) is 18.6 Å². The molecule has 1 amide bonds. The van der Waals surface area contributed by atoms with E-state index in [0.29, 0.717) is 13.0 Å². The van der Waals surface area contributed by atoms with E-state index >= 15 is 0 Å². The average molecular weight is 285 g/mol. The topological polar surface area (TPSA) is 98.7 Å². The van der Waals surface area contributed by atoms with E-state index in [0.717, 1.165) is 0 Å². The van der Waals surface area contributed by atoms with Gasteiger partial charge in [-0.15, -0.1) is 0 Å². The molecule has 0 bridgehead atoms. The van der Waals surface area contributed by atoms with Gasteiger partial charge in [-0.25, -0.2) is 4.79 Å². The molecular weight excluding hydrogens is 272 g/mol. The molecule has 0 radical (unpaired) electrons. The molecule has 2 unspecified atom stereocenters. The van der Waals surface area contributed by atoms with Crippen LogP contribution in [-0.2, 0) is 4.79 Å². The summed E-state index contributed by atoms with van der Waals surface area (Å²) in [6.07, 6.45) is -0.261. The van der Waals surface area contributed by atoms with E-state index in [1.807, 2.05) is 0 Å². The number of β-amino-alcohol motifs (C(OH)–C–C–N with tert-alkyl or cyclic N) is 1. The first kappa shape index (κ1) is 13.8. The van der Waals surface area contributed by atoms with Gasteiger partial charge in [0.15, 0.2) is 0 Å². The van der Waals surface area contributed by atoms with Crippen molar-refractivity contribution >= 4 is 29.2 Å². The monoisotopic (exact) mass is 284 g/mol. The van der Waals surface area contributed by atoms with Gasteiger partial charge in [0.05, 0.1) is 22.9 Å². The van der Waals surface area contributed by atoms with Gasteiger partial charge in [0.1, 0.15) is 5.56 Å². The van der Waals surface area contributed by atoms with Crippen molar-refractivity contribution in [2.45, 2.75) is 18.6 Å². The third kappa shape index (κ3) is 3.04. The summed E-state index contributed by atoms with van der Waals surface area (Å²) >= 11 is 5.80. The van der Waals surface area contributed by atoms with Crippen molar-refractivity contribution in [1.29, 1.82) is 0 Å². The number of aliphatic hydroxyl groups excluding tert-OH is 1. The van der Waals surface area contributed by atoms with Crippen LogP contribution in [0, 0.1) is 0 Å². The van der Waals surface area contributed by atoms with Crippen LogP contribution >= 0.6 is 11.6 Å².